The molecule has 2 heteroatoms. The van der Waals surface area contributed by atoms with Crippen LogP contribution in [0.2, 0.25) is 0 Å². The van der Waals surface area contributed by atoms with Gasteiger partial charge in [-0.15, -0.1) is 0 Å². The highest BCUT2D eigenvalue weighted by atomic mass is 79.9. The zero-order valence-electron chi connectivity index (χ0n) is 7.15. The van der Waals surface area contributed by atoms with Crippen LogP contribution < -0.4 is 5.32 Å². The van der Waals surface area contributed by atoms with Crippen molar-refractivity contribution in [2.75, 3.05) is 6.54 Å². The van der Waals surface area contributed by atoms with Crippen molar-refractivity contribution in [3.63, 3.8) is 0 Å². The molecule has 0 radical (unpaired) electrons. The summed E-state index contributed by atoms with van der Waals surface area (Å²) in [6.45, 7) is 7.69. The molecule has 10 heavy (non-hydrogen) atoms. The molecule has 0 fully saturated rings. The fourth-order valence-electron chi connectivity index (χ4n) is 0.774. The number of nitrogens with one attached hydrogen (secondary N) is 1. The highest BCUT2D eigenvalue weighted by Crippen LogP contribution is 2.04. The van der Waals surface area contributed by atoms with Crippen molar-refractivity contribution in [1.29, 1.82) is 0 Å². The monoisotopic (exact) mass is 207 g/mol. The first kappa shape index (κ1) is 10.4. The molecule has 0 amide bonds. The highest BCUT2D eigenvalue weighted by molar-refractivity contribution is 9.09. The van der Waals surface area contributed by atoms with Crippen molar-refractivity contribution in [2.24, 2.45) is 0 Å². The molecular formula is C8H18BrN. The number of alkyl halides is 1. The average Bonchev–Trinajstić information content (AvgIpc) is 1.79. The fraction of sp³-hybridized carbons (Fsp3) is 1.00. The number of rotatable bonds is 5. The Labute approximate surface area is 72.7 Å². The third kappa shape index (κ3) is 8.44. The SMILES string of the molecule is CC(C)NCCC[C@@H](C)Br. The Kier molecular flexibility index (Phi) is 6.44. The first-order chi connectivity index (χ1) is 4.63. The molecule has 0 heterocycles. The second-order valence-corrected chi connectivity index (χ2v) is 4.59. The summed E-state index contributed by atoms with van der Waals surface area (Å²) in [5.41, 5.74) is 0. The van der Waals surface area contributed by atoms with Gasteiger partial charge in [-0.2, -0.15) is 0 Å². The predicted octanol–water partition coefficient (Wildman–Crippen LogP) is 2.55. The molecule has 0 spiro atoms. The number of halogens is 1. The lowest BCUT2D eigenvalue weighted by Crippen LogP contribution is -2.23. The molecule has 0 aliphatic rings. The topological polar surface area (TPSA) is 12.0 Å². The van der Waals surface area contributed by atoms with Crippen molar-refractivity contribution in [1.82, 2.24) is 5.32 Å². The molecule has 0 aliphatic carbocycles. The first-order valence-electron chi connectivity index (χ1n) is 4.00. The van der Waals surface area contributed by atoms with Gasteiger partial charge >= 0.3 is 0 Å². The molecule has 0 rings (SSSR count). The van der Waals surface area contributed by atoms with Gasteiger partial charge in [-0.05, 0) is 19.4 Å². The Balaban J connectivity index is 2.91. The van der Waals surface area contributed by atoms with Crippen LogP contribution in [0.1, 0.15) is 33.6 Å². The van der Waals surface area contributed by atoms with Crippen LogP contribution >= 0.6 is 15.9 Å². The Hall–Kier alpha value is 0.440. The zero-order valence-corrected chi connectivity index (χ0v) is 8.74. The largest absolute Gasteiger partial charge is 0.315 e. The number of hydrogen-bond acceptors (Lipinski definition) is 1. The van der Waals surface area contributed by atoms with Crippen LogP contribution in [0.5, 0.6) is 0 Å². The van der Waals surface area contributed by atoms with E-state index in [0.29, 0.717) is 10.9 Å². The Bertz CT molecular complexity index is 61.7. The summed E-state index contributed by atoms with van der Waals surface area (Å²) in [4.78, 5) is 0.668. The van der Waals surface area contributed by atoms with Gasteiger partial charge in [0.2, 0.25) is 0 Å². The maximum atomic E-state index is 3.51. The molecule has 1 atom stereocenters. The van der Waals surface area contributed by atoms with Gasteiger partial charge in [0, 0.05) is 10.9 Å². The molecule has 62 valence electrons. The van der Waals surface area contributed by atoms with Crippen LogP contribution in [0.4, 0.5) is 0 Å². The average molecular weight is 208 g/mol. The van der Waals surface area contributed by atoms with E-state index in [9.17, 15) is 0 Å². The van der Waals surface area contributed by atoms with Crippen molar-refractivity contribution in [3.05, 3.63) is 0 Å². The molecule has 0 aliphatic heterocycles. The van der Waals surface area contributed by atoms with Crippen LogP contribution in [-0.4, -0.2) is 17.4 Å². The van der Waals surface area contributed by atoms with Crippen LogP contribution in [0.3, 0.4) is 0 Å². The number of hydrogen-bond donors (Lipinski definition) is 1. The standard InChI is InChI=1S/C8H18BrN/c1-7(2)10-6-4-5-8(3)9/h7-8,10H,4-6H2,1-3H3/t8-/m1/s1. The second-order valence-electron chi connectivity index (χ2n) is 3.03. The molecule has 0 aromatic carbocycles. The van der Waals surface area contributed by atoms with Crippen LogP contribution in [0.15, 0.2) is 0 Å². The minimum Gasteiger partial charge on any atom is -0.315 e. The van der Waals surface area contributed by atoms with E-state index in [0.717, 1.165) is 6.54 Å². The summed E-state index contributed by atoms with van der Waals surface area (Å²) in [6, 6.07) is 0.630. The van der Waals surface area contributed by atoms with Gasteiger partial charge in [0.25, 0.3) is 0 Å². The van der Waals surface area contributed by atoms with Crippen molar-refractivity contribution in [3.8, 4) is 0 Å². The molecule has 0 bridgehead atoms. The van der Waals surface area contributed by atoms with Crippen molar-refractivity contribution >= 4 is 15.9 Å². The quantitative estimate of drug-likeness (QED) is 0.540. The summed E-state index contributed by atoms with van der Waals surface area (Å²) in [5, 5.41) is 3.38. The van der Waals surface area contributed by atoms with E-state index in [1.54, 1.807) is 0 Å². The maximum absolute atomic E-state index is 3.51. The van der Waals surface area contributed by atoms with Crippen LogP contribution in [0.25, 0.3) is 0 Å². The van der Waals surface area contributed by atoms with Crippen molar-refractivity contribution < 1.29 is 0 Å². The Morgan fingerprint density at radius 2 is 1.90 bits per heavy atom. The lowest BCUT2D eigenvalue weighted by molar-refractivity contribution is 0.558. The highest BCUT2D eigenvalue weighted by Gasteiger charge is 1.95. The second kappa shape index (κ2) is 6.17. The van der Waals surface area contributed by atoms with E-state index in [2.05, 4.69) is 42.0 Å². The fourth-order valence-corrected chi connectivity index (χ4v) is 1.10. The molecule has 0 aromatic heterocycles. The molecule has 0 saturated heterocycles. The Morgan fingerprint density at radius 3 is 2.30 bits per heavy atom. The van der Waals surface area contributed by atoms with E-state index in [-0.39, 0.29) is 0 Å². The summed E-state index contributed by atoms with van der Waals surface area (Å²) in [6.07, 6.45) is 2.53. The smallest absolute Gasteiger partial charge is 0.0118 e. The summed E-state index contributed by atoms with van der Waals surface area (Å²) >= 11 is 3.51. The Morgan fingerprint density at radius 1 is 1.30 bits per heavy atom. The molecule has 0 saturated carbocycles. The van der Waals surface area contributed by atoms with Gasteiger partial charge in [-0.3, -0.25) is 0 Å². The third-order valence-electron chi connectivity index (χ3n) is 1.33. The molecule has 0 unspecified atom stereocenters. The van der Waals surface area contributed by atoms with E-state index >= 15 is 0 Å². The molecular weight excluding hydrogens is 190 g/mol. The van der Waals surface area contributed by atoms with Crippen molar-refractivity contribution in [2.45, 2.75) is 44.5 Å². The lowest BCUT2D eigenvalue weighted by Gasteiger charge is -2.07. The van der Waals surface area contributed by atoms with E-state index < -0.39 is 0 Å². The summed E-state index contributed by atoms with van der Waals surface area (Å²) in [5.74, 6) is 0. The van der Waals surface area contributed by atoms with Gasteiger partial charge < -0.3 is 5.32 Å². The first-order valence-corrected chi connectivity index (χ1v) is 4.92. The van der Waals surface area contributed by atoms with Crippen LogP contribution in [0, 0.1) is 0 Å². The summed E-state index contributed by atoms with van der Waals surface area (Å²) < 4.78 is 0. The maximum Gasteiger partial charge on any atom is 0.0118 e. The predicted molar refractivity (Wildman–Crippen MR) is 50.8 cm³/mol. The molecule has 0 aromatic rings. The van der Waals surface area contributed by atoms with E-state index in [1.165, 1.54) is 12.8 Å². The van der Waals surface area contributed by atoms with Gasteiger partial charge in [0.15, 0.2) is 0 Å². The van der Waals surface area contributed by atoms with Gasteiger partial charge in [0.1, 0.15) is 0 Å². The van der Waals surface area contributed by atoms with Gasteiger partial charge in [0.05, 0.1) is 0 Å². The molecule has 1 nitrogen and oxygen atoms in total. The third-order valence-corrected chi connectivity index (χ3v) is 1.79. The normalized spacial score (nSPS) is 14.1. The molecule has 1 N–H and O–H groups in total. The minimum absolute atomic E-state index is 0.630. The zero-order chi connectivity index (χ0) is 7.98. The van der Waals surface area contributed by atoms with E-state index in [4.69, 9.17) is 0 Å². The van der Waals surface area contributed by atoms with E-state index in [1.807, 2.05) is 0 Å². The summed E-state index contributed by atoms with van der Waals surface area (Å²) in [7, 11) is 0. The van der Waals surface area contributed by atoms with Gasteiger partial charge in [-0.25, -0.2) is 0 Å². The minimum atomic E-state index is 0.630. The van der Waals surface area contributed by atoms with Gasteiger partial charge in [-0.1, -0.05) is 36.7 Å². The van der Waals surface area contributed by atoms with Crippen LogP contribution in [-0.2, 0) is 0 Å². The lowest BCUT2D eigenvalue weighted by atomic mass is 10.2.